The second kappa shape index (κ2) is 5.72. The van der Waals surface area contributed by atoms with Gasteiger partial charge in [-0.3, -0.25) is 9.59 Å². The van der Waals surface area contributed by atoms with Crippen LogP contribution in [-0.4, -0.2) is 34.8 Å². The molecule has 0 aliphatic carbocycles. The highest BCUT2D eigenvalue weighted by Gasteiger charge is 2.39. The summed E-state index contributed by atoms with van der Waals surface area (Å²) in [5, 5.41) is 3.00. The van der Waals surface area contributed by atoms with Crippen molar-refractivity contribution in [1.29, 1.82) is 0 Å². The van der Waals surface area contributed by atoms with Crippen LogP contribution in [0.5, 0.6) is 0 Å². The standard InChI is InChI=1S/C14H26N2O2/c1-6-7-10(2)15-13(18)11-8-12(17)16(9-11)14(3,4)5/h10-11H,6-9H2,1-5H3,(H,15,18). The molecule has 0 aromatic heterocycles. The molecule has 0 spiro atoms. The number of carbonyl (C=O) groups excluding carboxylic acids is 2. The van der Waals surface area contributed by atoms with Gasteiger partial charge in [0.2, 0.25) is 11.8 Å². The molecule has 0 bridgehead atoms. The van der Waals surface area contributed by atoms with Crippen molar-refractivity contribution in [3.05, 3.63) is 0 Å². The molecule has 0 aromatic rings. The maximum Gasteiger partial charge on any atom is 0.225 e. The van der Waals surface area contributed by atoms with Crippen molar-refractivity contribution in [3.63, 3.8) is 0 Å². The Morgan fingerprint density at radius 3 is 2.56 bits per heavy atom. The predicted octanol–water partition coefficient (Wildman–Crippen LogP) is 1.94. The fourth-order valence-corrected chi connectivity index (χ4v) is 2.40. The third kappa shape index (κ3) is 3.72. The first-order valence-electron chi connectivity index (χ1n) is 6.86. The summed E-state index contributed by atoms with van der Waals surface area (Å²) < 4.78 is 0. The molecule has 104 valence electrons. The van der Waals surface area contributed by atoms with Crippen LogP contribution < -0.4 is 5.32 Å². The van der Waals surface area contributed by atoms with Gasteiger partial charge in [0.1, 0.15) is 0 Å². The number of hydrogen-bond donors (Lipinski definition) is 1. The minimum atomic E-state index is -0.193. The van der Waals surface area contributed by atoms with E-state index >= 15 is 0 Å². The first kappa shape index (κ1) is 15.0. The van der Waals surface area contributed by atoms with E-state index in [-0.39, 0.29) is 29.3 Å². The Labute approximate surface area is 110 Å². The topological polar surface area (TPSA) is 49.4 Å². The minimum Gasteiger partial charge on any atom is -0.353 e. The van der Waals surface area contributed by atoms with Crippen molar-refractivity contribution in [2.24, 2.45) is 5.92 Å². The molecular weight excluding hydrogens is 228 g/mol. The summed E-state index contributed by atoms with van der Waals surface area (Å²) in [5.41, 5.74) is -0.193. The van der Waals surface area contributed by atoms with Gasteiger partial charge in [0.15, 0.2) is 0 Å². The van der Waals surface area contributed by atoms with Gasteiger partial charge >= 0.3 is 0 Å². The zero-order valence-corrected chi connectivity index (χ0v) is 12.2. The molecule has 1 rings (SSSR count). The maximum atomic E-state index is 12.1. The van der Waals surface area contributed by atoms with Crippen molar-refractivity contribution < 1.29 is 9.59 Å². The SMILES string of the molecule is CCCC(C)NC(=O)C1CC(=O)N(C(C)(C)C)C1. The Bertz CT molecular complexity index is 320. The van der Waals surface area contributed by atoms with Crippen LogP contribution in [0.3, 0.4) is 0 Å². The van der Waals surface area contributed by atoms with Crippen molar-refractivity contribution in [3.8, 4) is 0 Å². The van der Waals surface area contributed by atoms with E-state index in [0.717, 1.165) is 12.8 Å². The molecule has 0 aromatic carbocycles. The Hall–Kier alpha value is -1.06. The van der Waals surface area contributed by atoms with Crippen molar-refractivity contribution in [1.82, 2.24) is 10.2 Å². The molecule has 0 saturated carbocycles. The lowest BCUT2D eigenvalue weighted by molar-refractivity contribution is -0.132. The molecule has 1 heterocycles. The van der Waals surface area contributed by atoms with Gasteiger partial charge in [-0.1, -0.05) is 13.3 Å². The fraction of sp³-hybridized carbons (Fsp3) is 0.857. The average molecular weight is 254 g/mol. The largest absolute Gasteiger partial charge is 0.353 e. The number of amides is 2. The molecule has 1 aliphatic heterocycles. The van der Waals surface area contributed by atoms with Crippen LogP contribution in [0.25, 0.3) is 0 Å². The van der Waals surface area contributed by atoms with E-state index in [1.165, 1.54) is 0 Å². The third-order valence-corrected chi connectivity index (χ3v) is 3.42. The highest BCUT2D eigenvalue weighted by atomic mass is 16.2. The third-order valence-electron chi connectivity index (χ3n) is 3.42. The molecule has 18 heavy (non-hydrogen) atoms. The highest BCUT2D eigenvalue weighted by Crippen LogP contribution is 2.25. The van der Waals surface area contributed by atoms with Gasteiger partial charge in [-0.25, -0.2) is 0 Å². The van der Waals surface area contributed by atoms with Crippen molar-refractivity contribution in [2.75, 3.05) is 6.54 Å². The van der Waals surface area contributed by atoms with Gasteiger partial charge < -0.3 is 10.2 Å². The summed E-state index contributed by atoms with van der Waals surface area (Å²) in [6.45, 7) is 10.7. The minimum absolute atomic E-state index is 0.0241. The number of rotatable bonds is 4. The summed E-state index contributed by atoms with van der Waals surface area (Å²) >= 11 is 0. The van der Waals surface area contributed by atoms with Crippen LogP contribution in [0.15, 0.2) is 0 Å². The molecule has 0 radical (unpaired) electrons. The maximum absolute atomic E-state index is 12.1. The van der Waals surface area contributed by atoms with E-state index < -0.39 is 0 Å². The Balaban J connectivity index is 2.55. The summed E-state index contributed by atoms with van der Waals surface area (Å²) in [5.74, 6) is -0.0714. The molecule has 2 atom stereocenters. The molecule has 2 amide bonds. The summed E-state index contributed by atoms with van der Waals surface area (Å²) in [6.07, 6.45) is 2.39. The van der Waals surface area contributed by atoms with E-state index in [9.17, 15) is 9.59 Å². The number of nitrogens with zero attached hydrogens (tertiary/aromatic N) is 1. The number of nitrogens with one attached hydrogen (secondary N) is 1. The van der Waals surface area contributed by atoms with E-state index in [0.29, 0.717) is 13.0 Å². The van der Waals surface area contributed by atoms with Crippen molar-refractivity contribution in [2.45, 2.75) is 65.5 Å². The number of likely N-dealkylation sites (tertiary alicyclic amines) is 1. The van der Waals surface area contributed by atoms with Gasteiger partial charge in [0.05, 0.1) is 5.92 Å². The van der Waals surface area contributed by atoms with Gasteiger partial charge in [0, 0.05) is 24.5 Å². The smallest absolute Gasteiger partial charge is 0.225 e. The van der Waals surface area contributed by atoms with Gasteiger partial charge in [-0.2, -0.15) is 0 Å². The zero-order valence-electron chi connectivity index (χ0n) is 12.2. The molecule has 4 nitrogen and oxygen atoms in total. The van der Waals surface area contributed by atoms with E-state index in [2.05, 4.69) is 12.2 Å². The Morgan fingerprint density at radius 2 is 2.11 bits per heavy atom. The quantitative estimate of drug-likeness (QED) is 0.833. The second-order valence-corrected chi connectivity index (χ2v) is 6.27. The summed E-state index contributed by atoms with van der Waals surface area (Å²) in [6, 6.07) is 0.196. The predicted molar refractivity (Wildman–Crippen MR) is 72.1 cm³/mol. The molecule has 1 fully saturated rings. The van der Waals surface area contributed by atoms with E-state index in [4.69, 9.17) is 0 Å². The van der Waals surface area contributed by atoms with Gasteiger partial charge in [-0.15, -0.1) is 0 Å². The molecule has 2 unspecified atom stereocenters. The lowest BCUT2D eigenvalue weighted by Gasteiger charge is -2.32. The van der Waals surface area contributed by atoms with Crippen LogP contribution in [0.1, 0.15) is 53.9 Å². The van der Waals surface area contributed by atoms with Crippen molar-refractivity contribution >= 4 is 11.8 Å². The molecule has 1 saturated heterocycles. The van der Waals surface area contributed by atoms with Gasteiger partial charge in [-0.05, 0) is 34.1 Å². The van der Waals surface area contributed by atoms with Crippen LogP contribution in [-0.2, 0) is 9.59 Å². The molecule has 4 heteroatoms. The van der Waals surface area contributed by atoms with E-state index in [1.807, 2.05) is 32.6 Å². The van der Waals surface area contributed by atoms with Crippen LogP contribution in [0.4, 0.5) is 0 Å². The molecular formula is C14H26N2O2. The fourth-order valence-electron chi connectivity index (χ4n) is 2.40. The van der Waals surface area contributed by atoms with Crippen LogP contribution in [0, 0.1) is 5.92 Å². The average Bonchev–Trinajstić information content (AvgIpc) is 2.60. The Kier molecular flexibility index (Phi) is 4.77. The number of carbonyl (C=O) groups is 2. The first-order chi connectivity index (χ1) is 8.25. The van der Waals surface area contributed by atoms with Crippen LogP contribution >= 0.6 is 0 Å². The first-order valence-corrected chi connectivity index (χ1v) is 6.86. The second-order valence-electron chi connectivity index (χ2n) is 6.27. The monoisotopic (exact) mass is 254 g/mol. The van der Waals surface area contributed by atoms with Crippen LogP contribution in [0.2, 0.25) is 0 Å². The Morgan fingerprint density at radius 1 is 1.50 bits per heavy atom. The molecule has 1 N–H and O–H groups in total. The zero-order chi connectivity index (χ0) is 13.9. The normalized spacial score (nSPS) is 22.2. The summed E-state index contributed by atoms with van der Waals surface area (Å²) in [4.78, 5) is 25.8. The molecule has 1 aliphatic rings. The van der Waals surface area contributed by atoms with Gasteiger partial charge in [0.25, 0.3) is 0 Å². The summed E-state index contributed by atoms with van der Waals surface area (Å²) in [7, 11) is 0. The highest BCUT2D eigenvalue weighted by molar-refractivity contribution is 5.89. The van der Waals surface area contributed by atoms with E-state index in [1.54, 1.807) is 0 Å². The lowest BCUT2D eigenvalue weighted by atomic mass is 10.1. The lowest BCUT2D eigenvalue weighted by Crippen LogP contribution is -2.44. The number of hydrogen-bond acceptors (Lipinski definition) is 2.